The van der Waals surface area contributed by atoms with E-state index in [9.17, 15) is 9.59 Å². The number of aryl methyl sites for hydroxylation is 2. The maximum Gasteiger partial charge on any atom is 0.266 e. The van der Waals surface area contributed by atoms with Crippen LogP contribution >= 0.6 is 11.3 Å². The molecule has 6 nitrogen and oxygen atoms in total. The van der Waals surface area contributed by atoms with Gasteiger partial charge in [0.15, 0.2) is 0 Å². The van der Waals surface area contributed by atoms with Gasteiger partial charge in [0.05, 0.1) is 22.9 Å². The summed E-state index contributed by atoms with van der Waals surface area (Å²) in [5, 5.41) is 8.05. The van der Waals surface area contributed by atoms with Crippen LogP contribution in [-0.4, -0.2) is 27.2 Å². The van der Waals surface area contributed by atoms with Crippen LogP contribution in [0.5, 0.6) is 0 Å². The summed E-state index contributed by atoms with van der Waals surface area (Å²) in [6, 6.07) is 12.8. The lowest BCUT2D eigenvalue weighted by molar-refractivity contribution is 0.0955. The van der Waals surface area contributed by atoms with Crippen LogP contribution < -0.4 is 10.9 Å². The van der Waals surface area contributed by atoms with E-state index in [1.807, 2.05) is 44.2 Å². The molecule has 0 bridgehead atoms. The lowest BCUT2D eigenvalue weighted by atomic mass is 10.1. The van der Waals surface area contributed by atoms with E-state index in [0.29, 0.717) is 18.0 Å². The van der Waals surface area contributed by atoms with Gasteiger partial charge in [-0.15, -0.1) is 11.3 Å². The topological polar surface area (TPSA) is 76.9 Å². The molecule has 0 unspecified atom stereocenters. The van der Waals surface area contributed by atoms with Crippen LogP contribution in [0.1, 0.15) is 20.4 Å². The first-order chi connectivity index (χ1) is 12.0. The fraction of sp³-hybridized carbons (Fsp3) is 0.222. The summed E-state index contributed by atoms with van der Waals surface area (Å²) >= 11 is 1.36. The van der Waals surface area contributed by atoms with Crippen LogP contribution in [0, 0.1) is 13.8 Å². The van der Waals surface area contributed by atoms with Crippen molar-refractivity contribution in [3.63, 3.8) is 0 Å². The number of rotatable bonds is 5. The van der Waals surface area contributed by atoms with Gasteiger partial charge in [0.25, 0.3) is 11.5 Å². The second-order valence-corrected chi connectivity index (χ2v) is 6.75. The van der Waals surface area contributed by atoms with Gasteiger partial charge in [-0.05, 0) is 19.9 Å². The Kier molecular flexibility index (Phi) is 5.04. The number of nitrogens with zero attached hydrogens (tertiary/aromatic N) is 3. The summed E-state index contributed by atoms with van der Waals surface area (Å²) in [4.78, 5) is 29.0. The molecule has 1 aromatic carbocycles. The normalized spacial score (nSPS) is 10.6. The van der Waals surface area contributed by atoms with Crippen molar-refractivity contribution in [2.75, 3.05) is 6.54 Å². The van der Waals surface area contributed by atoms with Crippen LogP contribution in [0.25, 0.3) is 11.3 Å². The number of carbonyl (C=O) groups is 1. The first kappa shape index (κ1) is 17.0. The molecular weight excluding hydrogens is 336 g/mol. The number of benzene rings is 1. The predicted molar refractivity (Wildman–Crippen MR) is 97.9 cm³/mol. The summed E-state index contributed by atoms with van der Waals surface area (Å²) in [5.41, 5.74) is 2.19. The largest absolute Gasteiger partial charge is 0.349 e. The smallest absolute Gasteiger partial charge is 0.266 e. The average Bonchev–Trinajstić information content (AvgIpc) is 2.95. The van der Waals surface area contributed by atoms with E-state index in [-0.39, 0.29) is 11.5 Å². The van der Waals surface area contributed by atoms with Gasteiger partial charge in [-0.2, -0.15) is 5.10 Å². The van der Waals surface area contributed by atoms with Gasteiger partial charge in [-0.25, -0.2) is 9.67 Å². The highest BCUT2D eigenvalue weighted by Gasteiger charge is 2.13. The zero-order chi connectivity index (χ0) is 17.8. The molecule has 0 spiro atoms. The van der Waals surface area contributed by atoms with Crippen LogP contribution in [0.4, 0.5) is 0 Å². The Labute approximate surface area is 149 Å². The molecule has 2 heterocycles. The highest BCUT2D eigenvalue weighted by atomic mass is 32.1. The quantitative estimate of drug-likeness (QED) is 0.763. The molecule has 0 radical (unpaired) electrons. The Bertz CT molecular complexity index is 947. The van der Waals surface area contributed by atoms with Crippen molar-refractivity contribution >= 4 is 17.2 Å². The van der Waals surface area contributed by atoms with Crippen LogP contribution in [0.15, 0.2) is 47.3 Å². The minimum Gasteiger partial charge on any atom is -0.349 e. The molecule has 25 heavy (non-hydrogen) atoms. The van der Waals surface area contributed by atoms with E-state index in [4.69, 9.17) is 0 Å². The molecule has 7 heteroatoms. The fourth-order valence-electron chi connectivity index (χ4n) is 2.47. The van der Waals surface area contributed by atoms with Gasteiger partial charge in [-0.1, -0.05) is 30.3 Å². The zero-order valence-corrected chi connectivity index (χ0v) is 14.8. The number of hydrogen-bond donors (Lipinski definition) is 1. The van der Waals surface area contributed by atoms with Crippen LogP contribution in [-0.2, 0) is 6.54 Å². The van der Waals surface area contributed by atoms with E-state index in [1.54, 1.807) is 6.07 Å². The van der Waals surface area contributed by atoms with E-state index >= 15 is 0 Å². The number of hydrogen-bond acceptors (Lipinski definition) is 5. The number of aromatic nitrogens is 3. The Morgan fingerprint density at radius 2 is 1.92 bits per heavy atom. The van der Waals surface area contributed by atoms with E-state index in [0.717, 1.165) is 22.0 Å². The van der Waals surface area contributed by atoms with E-state index in [1.165, 1.54) is 22.1 Å². The third-order valence-corrected chi connectivity index (χ3v) is 4.73. The maximum absolute atomic E-state index is 12.2. The van der Waals surface area contributed by atoms with Gasteiger partial charge < -0.3 is 5.32 Å². The standard InChI is InChI=1S/C18H18N4O2S/c1-12-17(25-13(2)20-12)18(24)19-10-11-22-16(23)9-8-15(21-22)14-6-4-3-5-7-14/h3-9H,10-11H2,1-2H3,(H,19,24). The molecule has 2 aromatic heterocycles. The molecule has 1 N–H and O–H groups in total. The second kappa shape index (κ2) is 7.40. The SMILES string of the molecule is Cc1nc(C)c(C(=O)NCCn2nc(-c3ccccc3)ccc2=O)s1. The fourth-order valence-corrected chi connectivity index (χ4v) is 3.31. The Balaban J connectivity index is 1.68. The molecule has 3 rings (SSSR count). The van der Waals surface area contributed by atoms with Gasteiger partial charge >= 0.3 is 0 Å². The number of thiazole rings is 1. The van der Waals surface area contributed by atoms with Gasteiger partial charge in [0.1, 0.15) is 4.88 Å². The zero-order valence-electron chi connectivity index (χ0n) is 14.0. The molecule has 128 valence electrons. The van der Waals surface area contributed by atoms with Crippen LogP contribution in [0.2, 0.25) is 0 Å². The maximum atomic E-state index is 12.2. The van der Waals surface area contributed by atoms with E-state index in [2.05, 4.69) is 15.4 Å². The molecule has 0 atom stereocenters. The van der Waals surface area contributed by atoms with Crippen LogP contribution in [0.3, 0.4) is 0 Å². The monoisotopic (exact) mass is 354 g/mol. The summed E-state index contributed by atoms with van der Waals surface area (Å²) in [6.45, 7) is 4.31. The van der Waals surface area contributed by atoms with Crippen molar-refractivity contribution < 1.29 is 4.79 Å². The third-order valence-electron chi connectivity index (χ3n) is 3.66. The van der Waals surface area contributed by atoms with Crippen molar-refractivity contribution in [2.45, 2.75) is 20.4 Å². The molecule has 0 fully saturated rings. The molecule has 0 aliphatic rings. The summed E-state index contributed by atoms with van der Waals surface area (Å²) in [5.74, 6) is -0.171. The van der Waals surface area contributed by atoms with Crippen molar-refractivity contribution in [3.05, 3.63) is 68.4 Å². The molecule has 0 aliphatic carbocycles. The number of nitrogens with one attached hydrogen (secondary N) is 1. The number of amides is 1. The van der Waals surface area contributed by atoms with Crippen molar-refractivity contribution in [1.82, 2.24) is 20.1 Å². The molecular formula is C18H18N4O2S. The summed E-state index contributed by atoms with van der Waals surface area (Å²) < 4.78 is 1.37. The first-order valence-corrected chi connectivity index (χ1v) is 8.72. The van der Waals surface area contributed by atoms with Crippen molar-refractivity contribution in [3.8, 4) is 11.3 Å². The molecule has 3 aromatic rings. The van der Waals surface area contributed by atoms with Crippen molar-refractivity contribution in [2.24, 2.45) is 0 Å². The van der Waals surface area contributed by atoms with E-state index < -0.39 is 0 Å². The number of carbonyl (C=O) groups excluding carboxylic acids is 1. The average molecular weight is 354 g/mol. The second-order valence-electron chi connectivity index (χ2n) is 5.55. The lowest BCUT2D eigenvalue weighted by Crippen LogP contribution is -2.31. The van der Waals surface area contributed by atoms with Gasteiger partial charge in [0.2, 0.25) is 0 Å². The molecule has 1 amide bonds. The summed E-state index contributed by atoms with van der Waals surface area (Å²) in [7, 11) is 0. The Morgan fingerprint density at radius 1 is 1.16 bits per heavy atom. The molecule has 0 saturated heterocycles. The third kappa shape index (κ3) is 4.00. The van der Waals surface area contributed by atoms with Gasteiger partial charge in [0, 0.05) is 18.2 Å². The Hall–Kier alpha value is -2.80. The first-order valence-electron chi connectivity index (χ1n) is 7.90. The highest BCUT2D eigenvalue weighted by Crippen LogP contribution is 2.16. The highest BCUT2D eigenvalue weighted by molar-refractivity contribution is 7.13. The lowest BCUT2D eigenvalue weighted by Gasteiger charge is -2.08. The van der Waals surface area contributed by atoms with Crippen molar-refractivity contribution in [1.29, 1.82) is 0 Å². The minimum absolute atomic E-state index is 0.171. The summed E-state index contributed by atoms with van der Waals surface area (Å²) in [6.07, 6.45) is 0. The predicted octanol–water partition coefficient (Wildman–Crippen LogP) is 2.41. The van der Waals surface area contributed by atoms with Gasteiger partial charge in [-0.3, -0.25) is 9.59 Å². The molecule has 0 aliphatic heterocycles. The molecule has 0 saturated carbocycles. The Morgan fingerprint density at radius 3 is 2.60 bits per heavy atom. The minimum atomic E-state index is -0.196.